The zero-order valence-electron chi connectivity index (χ0n) is 10.6. The fourth-order valence-electron chi connectivity index (χ4n) is 2.68. The summed E-state index contributed by atoms with van der Waals surface area (Å²) in [4.78, 5) is 2.20. The van der Waals surface area contributed by atoms with Gasteiger partial charge in [-0.2, -0.15) is 5.26 Å². The number of likely N-dealkylation sites (tertiary alicyclic amines) is 1. The van der Waals surface area contributed by atoms with Crippen LogP contribution in [0.5, 0.6) is 0 Å². The van der Waals surface area contributed by atoms with E-state index in [0.29, 0.717) is 0 Å². The van der Waals surface area contributed by atoms with E-state index in [1.54, 1.807) is 12.1 Å². The predicted octanol–water partition coefficient (Wildman–Crippen LogP) is 2.18. The average molecular weight is 247 g/mol. The monoisotopic (exact) mass is 247 g/mol. The number of nitriles is 1. The van der Waals surface area contributed by atoms with Crippen molar-refractivity contribution >= 4 is 0 Å². The third-order valence-corrected chi connectivity index (χ3v) is 3.63. The Hall–Kier alpha value is -1.44. The van der Waals surface area contributed by atoms with Gasteiger partial charge in [-0.25, -0.2) is 4.39 Å². The fourth-order valence-corrected chi connectivity index (χ4v) is 2.68. The summed E-state index contributed by atoms with van der Waals surface area (Å²) in [6, 6.07) is 6.72. The van der Waals surface area contributed by atoms with Gasteiger partial charge >= 0.3 is 0 Å². The molecule has 96 valence electrons. The molecule has 2 unspecified atom stereocenters. The Balaban J connectivity index is 2.36. The second kappa shape index (κ2) is 5.47. The Morgan fingerprint density at radius 1 is 1.44 bits per heavy atom. The molecule has 0 bridgehead atoms. The minimum Gasteiger partial charge on any atom is -0.326 e. The van der Waals surface area contributed by atoms with Crippen molar-refractivity contribution in [2.45, 2.75) is 31.3 Å². The first kappa shape index (κ1) is 13.0. The van der Waals surface area contributed by atoms with E-state index in [9.17, 15) is 4.39 Å². The molecule has 2 N–H and O–H groups in total. The molecule has 1 aliphatic heterocycles. The number of nitrogens with two attached hydrogens (primary N) is 1. The molecule has 3 nitrogen and oxygen atoms in total. The SMILES string of the molecule is CN1CCCCC(N)C1c1ccc(F)c(C#N)c1. The Morgan fingerprint density at radius 3 is 2.94 bits per heavy atom. The van der Waals surface area contributed by atoms with Gasteiger partial charge in [0, 0.05) is 12.1 Å². The largest absolute Gasteiger partial charge is 0.326 e. The van der Waals surface area contributed by atoms with Gasteiger partial charge in [-0.1, -0.05) is 12.5 Å². The van der Waals surface area contributed by atoms with E-state index in [4.69, 9.17) is 11.0 Å². The Kier molecular flexibility index (Phi) is 3.95. The lowest BCUT2D eigenvalue weighted by atomic mass is 9.95. The van der Waals surface area contributed by atoms with Crippen molar-refractivity contribution in [3.8, 4) is 6.07 Å². The van der Waals surface area contributed by atoms with E-state index < -0.39 is 5.82 Å². The summed E-state index contributed by atoms with van der Waals surface area (Å²) < 4.78 is 13.3. The summed E-state index contributed by atoms with van der Waals surface area (Å²) in [5.41, 5.74) is 7.24. The summed E-state index contributed by atoms with van der Waals surface area (Å²) in [7, 11) is 2.03. The molecule has 4 heteroatoms. The van der Waals surface area contributed by atoms with Crippen LogP contribution in [-0.4, -0.2) is 24.5 Å². The number of halogens is 1. The van der Waals surface area contributed by atoms with Gasteiger partial charge in [-0.15, -0.1) is 0 Å². The molecule has 1 aromatic carbocycles. The van der Waals surface area contributed by atoms with E-state index in [2.05, 4.69) is 4.90 Å². The highest BCUT2D eigenvalue weighted by Gasteiger charge is 2.26. The molecule has 1 fully saturated rings. The number of hydrogen-bond donors (Lipinski definition) is 1. The molecule has 0 radical (unpaired) electrons. The quantitative estimate of drug-likeness (QED) is 0.827. The zero-order chi connectivity index (χ0) is 13.1. The van der Waals surface area contributed by atoms with Crippen LogP contribution in [-0.2, 0) is 0 Å². The summed E-state index contributed by atoms with van der Waals surface area (Å²) in [5.74, 6) is -0.467. The van der Waals surface area contributed by atoms with Gasteiger partial charge in [0.15, 0.2) is 0 Å². The summed E-state index contributed by atoms with van der Waals surface area (Å²) in [5, 5.41) is 8.89. The van der Waals surface area contributed by atoms with Crippen molar-refractivity contribution in [3.63, 3.8) is 0 Å². The summed E-state index contributed by atoms with van der Waals surface area (Å²) >= 11 is 0. The first-order valence-electron chi connectivity index (χ1n) is 6.29. The lowest BCUT2D eigenvalue weighted by Gasteiger charge is -2.30. The lowest BCUT2D eigenvalue weighted by Crippen LogP contribution is -2.37. The van der Waals surface area contributed by atoms with E-state index >= 15 is 0 Å². The van der Waals surface area contributed by atoms with Crippen LogP contribution in [0.1, 0.15) is 36.4 Å². The van der Waals surface area contributed by atoms with Gasteiger partial charge in [-0.05, 0) is 44.1 Å². The van der Waals surface area contributed by atoms with Crippen LogP contribution in [0.2, 0.25) is 0 Å². The van der Waals surface area contributed by atoms with Gasteiger partial charge in [0.25, 0.3) is 0 Å². The Bertz CT molecular complexity index is 455. The smallest absolute Gasteiger partial charge is 0.140 e. The molecule has 0 aromatic heterocycles. The van der Waals surface area contributed by atoms with Crippen LogP contribution in [0.25, 0.3) is 0 Å². The molecule has 0 spiro atoms. The highest BCUT2D eigenvalue weighted by atomic mass is 19.1. The molecule has 1 aliphatic rings. The first-order valence-corrected chi connectivity index (χ1v) is 6.29. The van der Waals surface area contributed by atoms with Gasteiger partial charge in [0.1, 0.15) is 11.9 Å². The topological polar surface area (TPSA) is 53.0 Å². The number of rotatable bonds is 1. The van der Waals surface area contributed by atoms with Crippen molar-refractivity contribution in [2.24, 2.45) is 5.73 Å². The standard InChI is InChI=1S/C14H18FN3/c1-18-7-3-2-4-13(17)14(18)10-5-6-12(15)11(8-10)9-16/h5-6,8,13-14H,2-4,7,17H2,1H3. The van der Waals surface area contributed by atoms with Crippen LogP contribution < -0.4 is 5.73 Å². The molecule has 0 saturated carbocycles. The van der Waals surface area contributed by atoms with E-state index in [1.165, 1.54) is 6.07 Å². The molecular weight excluding hydrogens is 229 g/mol. The van der Waals surface area contributed by atoms with Crippen molar-refractivity contribution in [3.05, 3.63) is 35.1 Å². The highest BCUT2D eigenvalue weighted by Crippen LogP contribution is 2.29. The first-order chi connectivity index (χ1) is 8.63. The summed E-state index contributed by atoms with van der Waals surface area (Å²) in [6.07, 6.45) is 3.22. The Morgan fingerprint density at radius 2 is 2.22 bits per heavy atom. The van der Waals surface area contributed by atoms with Gasteiger partial charge in [-0.3, -0.25) is 4.90 Å². The van der Waals surface area contributed by atoms with Crippen LogP contribution in [0.4, 0.5) is 4.39 Å². The van der Waals surface area contributed by atoms with Gasteiger partial charge in [0.2, 0.25) is 0 Å². The molecular formula is C14H18FN3. The number of nitrogens with zero attached hydrogens (tertiary/aromatic N) is 2. The molecule has 1 aromatic rings. The average Bonchev–Trinajstić information content (AvgIpc) is 2.52. The molecule has 2 atom stereocenters. The van der Waals surface area contributed by atoms with E-state index in [0.717, 1.165) is 31.4 Å². The molecule has 1 saturated heterocycles. The highest BCUT2D eigenvalue weighted by molar-refractivity contribution is 5.36. The molecule has 0 aliphatic carbocycles. The molecule has 18 heavy (non-hydrogen) atoms. The lowest BCUT2D eigenvalue weighted by molar-refractivity contribution is 0.230. The van der Waals surface area contributed by atoms with Crippen LogP contribution in [0, 0.1) is 17.1 Å². The number of likely N-dealkylation sites (N-methyl/N-ethyl adjacent to an activating group) is 1. The predicted molar refractivity (Wildman–Crippen MR) is 68.3 cm³/mol. The van der Waals surface area contributed by atoms with Crippen LogP contribution in [0.15, 0.2) is 18.2 Å². The zero-order valence-corrected chi connectivity index (χ0v) is 10.6. The summed E-state index contributed by atoms with van der Waals surface area (Å²) in [6.45, 7) is 0.984. The normalized spacial score (nSPS) is 25.4. The maximum absolute atomic E-state index is 13.3. The van der Waals surface area contributed by atoms with Crippen molar-refractivity contribution in [2.75, 3.05) is 13.6 Å². The third kappa shape index (κ3) is 2.53. The maximum atomic E-state index is 13.3. The maximum Gasteiger partial charge on any atom is 0.140 e. The Labute approximate surface area is 107 Å². The molecule has 1 heterocycles. The minimum atomic E-state index is -0.467. The van der Waals surface area contributed by atoms with Crippen molar-refractivity contribution in [1.29, 1.82) is 5.26 Å². The number of benzene rings is 1. The third-order valence-electron chi connectivity index (χ3n) is 3.63. The van der Waals surface area contributed by atoms with Crippen molar-refractivity contribution < 1.29 is 4.39 Å². The minimum absolute atomic E-state index is 0.0366. The second-order valence-electron chi connectivity index (χ2n) is 4.94. The fraction of sp³-hybridized carbons (Fsp3) is 0.500. The second-order valence-corrected chi connectivity index (χ2v) is 4.94. The van der Waals surface area contributed by atoms with Gasteiger partial charge < -0.3 is 5.73 Å². The molecule has 0 amide bonds. The number of hydrogen-bond acceptors (Lipinski definition) is 3. The van der Waals surface area contributed by atoms with E-state index in [-0.39, 0.29) is 17.6 Å². The van der Waals surface area contributed by atoms with Crippen LogP contribution >= 0.6 is 0 Å². The van der Waals surface area contributed by atoms with E-state index in [1.807, 2.05) is 13.1 Å². The van der Waals surface area contributed by atoms with Crippen LogP contribution in [0.3, 0.4) is 0 Å². The van der Waals surface area contributed by atoms with Crippen molar-refractivity contribution in [1.82, 2.24) is 4.90 Å². The van der Waals surface area contributed by atoms with Gasteiger partial charge in [0.05, 0.1) is 5.56 Å². The molecule has 2 rings (SSSR count).